The highest BCUT2D eigenvalue weighted by molar-refractivity contribution is 6.03. The first-order chi connectivity index (χ1) is 18.5. The predicted octanol–water partition coefficient (Wildman–Crippen LogP) is 5.97. The van der Waals surface area contributed by atoms with E-state index >= 15 is 0 Å². The van der Waals surface area contributed by atoms with Gasteiger partial charge in [-0.05, 0) is 66.9 Å². The Morgan fingerprint density at radius 3 is 2.31 bits per heavy atom. The summed E-state index contributed by atoms with van der Waals surface area (Å²) in [5.74, 6) is -0.308. The second kappa shape index (κ2) is 11.6. The van der Waals surface area contributed by atoms with Crippen molar-refractivity contribution < 1.29 is 32.6 Å². The first kappa shape index (κ1) is 27.7. The molecule has 0 fully saturated rings. The standard InChI is InChI=1S/C30H27F3N2O4/c1-18(2)39-22-15-11-20(12-16-22)23(19-9-13-21(14-10-19)30(31,32)33)5-3-8-28(37)34-25-6-4-7-26-24(25)17-27(36)29(38)35-26/h3-16,18,27,36H,17H2,1-2H3,(H,34,37)(H,35,38)/b8-3+,23-5-/t27-/m0/s1. The van der Waals surface area contributed by atoms with Gasteiger partial charge in [0.15, 0.2) is 0 Å². The van der Waals surface area contributed by atoms with Crippen LogP contribution in [-0.4, -0.2) is 29.1 Å². The lowest BCUT2D eigenvalue weighted by Crippen LogP contribution is -2.34. The number of carbonyl (C=O) groups is 2. The van der Waals surface area contributed by atoms with Crippen molar-refractivity contribution >= 4 is 28.8 Å². The van der Waals surface area contributed by atoms with E-state index in [-0.39, 0.29) is 12.5 Å². The number of hydrogen-bond donors (Lipinski definition) is 3. The molecule has 0 aromatic heterocycles. The third kappa shape index (κ3) is 6.94. The lowest BCUT2D eigenvalue weighted by atomic mass is 9.96. The second-order valence-corrected chi connectivity index (χ2v) is 9.24. The highest BCUT2D eigenvalue weighted by Crippen LogP contribution is 2.32. The molecule has 202 valence electrons. The Balaban J connectivity index is 1.59. The number of aliphatic hydroxyl groups excluding tert-OH is 1. The lowest BCUT2D eigenvalue weighted by molar-refractivity contribution is -0.137. The zero-order valence-electron chi connectivity index (χ0n) is 21.3. The number of ether oxygens (including phenoxy) is 1. The van der Waals surface area contributed by atoms with E-state index in [0.29, 0.717) is 33.8 Å². The van der Waals surface area contributed by atoms with E-state index in [1.54, 1.807) is 48.5 Å². The minimum absolute atomic E-state index is 0.0167. The van der Waals surface area contributed by atoms with Crippen molar-refractivity contribution in [1.29, 1.82) is 0 Å². The van der Waals surface area contributed by atoms with Crippen molar-refractivity contribution in [2.75, 3.05) is 10.6 Å². The molecule has 0 saturated heterocycles. The van der Waals surface area contributed by atoms with E-state index in [1.165, 1.54) is 24.3 Å². The maximum atomic E-state index is 13.1. The fourth-order valence-electron chi connectivity index (χ4n) is 4.13. The second-order valence-electron chi connectivity index (χ2n) is 9.24. The molecule has 6 nitrogen and oxygen atoms in total. The predicted molar refractivity (Wildman–Crippen MR) is 143 cm³/mol. The topological polar surface area (TPSA) is 87.7 Å². The molecule has 1 aliphatic heterocycles. The molecule has 0 saturated carbocycles. The number of aliphatic hydroxyl groups is 1. The van der Waals surface area contributed by atoms with Gasteiger partial charge in [-0.3, -0.25) is 9.59 Å². The molecule has 1 aliphatic rings. The number of alkyl halides is 3. The fourth-order valence-corrected chi connectivity index (χ4v) is 4.13. The van der Waals surface area contributed by atoms with Crippen LogP contribution in [0.4, 0.5) is 24.5 Å². The van der Waals surface area contributed by atoms with E-state index < -0.39 is 29.7 Å². The average Bonchev–Trinajstić information content (AvgIpc) is 2.88. The SMILES string of the molecule is CC(C)Oc1ccc(/C(=C\C=C\C(=O)Nc2cccc3c2C[C@H](O)C(=O)N3)c2ccc(C(F)(F)F)cc2)cc1. The maximum Gasteiger partial charge on any atom is 0.416 e. The van der Waals surface area contributed by atoms with Gasteiger partial charge >= 0.3 is 6.18 Å². The van der Waals surface area contributed by atoms with Crippen LogP contribution in [0.5, 0.6) is 5.75 Å². The minimum atomic E-state index is -4.45. The first-order valence-corrected chi connectivity index (χ1v) is 12.3. The van der Waals surface area contributed by atoms with Gasteiger partial charge in [0.05, 0.1) is 11.7 Å². The summed E-state index contributed by atoms with van der Waals surface area (Å²) in [7, 11) is 0. The summed E-state index contributed by atoms with van der Waals surface area (Å²) in [6.07, 6.45) is -1.17. The van der Waals surface area contributed by atoms with E-state index in [1.807, 2.05) is 13.8 Å². The molecule has 39 heavy (non-hydrogen) atoms. The quantitative estimate of drug-likeness (QED) is 0.256. The molecular formula is C30H27F3N2O4. The van der Waals surface area contributed by atoms with Crippen molar-refractivity contribution in [3.05, 3.63) is 107 Å². The summed E-state index contributed by atoms with van der Waals surface area (Å²) in [4.78, 5) is 24.4. The number of carbonyl (C=O) groups excluding carboxylic acids is 2. The third-order valence-corrected chi connectivity index (χ3v) is 5.96. The van der Waals surface area contributed by atoms with Crippen LogP contribution in [0.1, 0.15) is 36.1 Å². The molecule has 0 unspecified atom stereocenters. The zero-order chi connectivity index (χ0) is 28.2. The van der Waals surface area contributed by atoms with Crippen LogP contribution in [-0.2, 0) is 22.2 Å². The Bertz CT molecular complexity index is 1410. The number of allylic oxidation sites excluding steroid dienone is 2. The molecular weight excluding hydrogens is 509 g/mol. The highest BCUT2D eigenvalue weighted by atomic mass is 19.4. The molecule has 3 aromatic carbocycles. The van der Waals surface area contributed by atoms with Crippen LogP contribution in [0.25, 0.3) is 5.57 Å². The average molecular weight is 537 g/mol. The van der Waals surface area contributed by atoms with Gasteiger partial charge in [-0.1, -0.05) is 42.5 Å². The van der Waals surface area contributed by atoms with Gasteiger partial charge in [-0.2, -0.15) is 13.2 Å². The Morgan fingerprint density at radius 1 is 1.05 bits per heavy atom. The molecule has 9 heteroatoms. The third-order valence-electron chi connectivity index (χ3n) is 5.96. The number of rotatable bonds is 7. The van der Waals surface area contributed by atoms with E-state index in [9.17, 15) is 27.9 Å². The minimum Gasteiger partial charge on any atom is -0.491 e. The van der Waals surface area contributed by atoms with Crippen molar-refractivity contribution in [1.82, 2.24) is 0 Å². The Morgan fingerprint density at radius 2 is 1.69 bits per heavy atom. The zero-order valence-corrected chi connectivity index (χ0v) is 21.3. The summed E-state index contributed by atoms with van der Waals surface area (Å²) in [5.41, 5.74) is 2.68. The van der Waals surface area contributed by atoms with E-state index in [2.05, 4.69) is 10.6 Å². The molecule has 0 spiro atoms. The van der Waals surface area contributed by atoms with Crippen LogP contribution >= 0.6 is 0 Å². The number of fused-ring (bicyclic) bond motifs is 1. The van der Waals surface area contributed by atoms with Gasteiger partial charge in [0.25, 0.3) is 5.91 Å². The van der Waals surface area contributed by atoms with Gasteiger partial charge in [0.1, 0.15) is 11.9 Å². The summed E-state index contributed by atoms with van der Waals surface area (Å²) < 4.78 is 44.9. The summed E-state index contributed by atoms with van der Waals surface area (Å²) in [5, 5.41) is 15.3. The van der Waals surface area contributed by atoms with E-state index in [4.69, 9.17) is 4.74 Å². The monoisotopic (exact) mass is 536 g/mol. The normalized spacial score (nSPS) is 15.7. The summed E-state index contributed by atoms with van der Waals surface area (Å²) >= 11 is 0. The number of nitrogens with one attached hydrogen (secondary N) is 2. The van der Waals surface area contributed by atoms with Crippen LogP contribution in [0, 0.1) is 0 Å². The molecule has 1 atom stereocenters. The van der Waals surface area contributed by atoms with Crippen LogP contribution in [0.15, 0.2) is 85.0 Å². The van der Waals surface area contributed by atoms with Gasteiger partial charge < -0.3 is 20.5 Å². The molecule has 3 aromatic rings. The number of hydrogen-bond acceptors (Lipinski definition) is 4. The molecule has 0 radical (unpaired) electrons. The number of amides is 2. The van der Waals surface area contributed by atoms with Crippen LogP contribution in [0.2, 0.25) is 0 Å². The van der Waals surface area contributed by atoms with Gasteiger partial charge in [0, 0.05) is 29.4 Å². The number of anilines is 2. The Hall–Kier alpha value is -4.37. The van der Waals surface area contributed by atoms with Crippen molar-refractivity contribution in [2.24, 2.45) is 0 Å². The first-order valence-electron chi connectivity index (χ1n) is 12.3. The Labute approximate surface area is 223 Å². The molecule has 2 amide bonds. The molecule has 1 heterocycles. The molecule has 0 bridgehead atoms. The van der Waals surface area contributed by atoms with Crippen LogP contribution < -0.4 is 15.4 Å². The largest absolute Gasteiger partial charge is 0.491 e. The maximum absolute atomic E-state index is 13.1. The summed E-state index contributed by atoms with van der Waals surface area (Å²) in [6.45, 7) is 3.81. The van der Waals surface area contributed by atoms with Crippen molar-refractivity contribution in [2.45, 2.75) is 38.7 Å². The Kier molecular flexibility index (Phi) is 8.21. The molecule has 4 rings (SSSR count). The van der Waals surface area contributed by atoms with Gasteiger partial charge in [0.2, 0.25) is 5.91 Å². The van der Waals surface area contributed by atoms with Gasteiger partial charge in [-0.25, -0.2) is 0 Å². The smallest absolute Gasteiger partial charge is 0.416 e. The number of benzene rings is 3. The highest BCUT2D eigenvalue weighted by Gasteiger charge is 2.30. The van der Waals surface area contributed by atoms with Crippen molar-refractivity contribution in [3.8, 4) is 5.75 Å². The summed E-state index contributed by atoms with van der Waals surface area (Å²) in [6, 6.07) is 17.0. The fraction of sp³-hybridized carbons (Fsp3) is 0.200. The molecule has 0 aliphatic carbocycles. The lowest BCUT2D eigenvalue weighted by Gasteiger charge is -2.23. The molecule has 3 N–H and O–H groups in total. The van der Waals surface area contributed by atoms with Gasteiger partial charge in [-0.15, -0.1) is 0 Å². The van der Waals surface area contributed by atoms with Crippen molar-refractivity contribution in [3.63, 3.8) is 0 Å². The van der Waals surface area contributed by atoms with E-state index in [0.717, 1.165) is 17.7 Å². The number of halogens is 3. The van der Waals surface area contributed by atoms with Crippen LogP contribution in [0.3, 0.4) is 0 Å².